The Hall–Kier alpha value is -3.05. The molecular formula is C26H32ClN7O3. The largest absolute Gasteiger partial charge is 0.381 e. The van der Waals surface area contributed by atoms with Gasteiger partial charge in [-0.2, -0.15) is 4.98 Å². The van der Waals surface area contributed by atoms with Crippen LogP contribution in [0.4, 0.5) is 5.95 Å². The monoisotopic (exact) mass is 525 g/mol. The van der Waals surface area contributed by atoms with Gasteiger partial charge in [0.05, 0.1) is 0 Å². The fourth-order valence-electron chi connectivity index (χ4n) is 4.34. The summed E-state index contributed by atoms with van der Waals surface area (Å²) in [6, 6.07) is 7.11. The zero-order chi connectivity index (χ0) is 25.8. The quantitative estimate of drug-likeness (QED) is 0.298. The number of anilines is 1. The lowest BCUT2D eigenvalue weighted by molar-refractivity contribution is 0.00371. The maximum Gasteiger partial charge on any atom is 0.273 e. The molecule has 3 aromatic rings. The molecule has 11 heteroatoms. The van der Waals surface area contributed by atoms with Gasteiger partial charge < -0.3 is 25.8 Å². The molecule has 4 N–H and O–H groups in total. The van der Waals surface area contributed by atoms with Crippen molar-refractivity contribution >= 4 is 23.5 Å². The van der Waals surface area contributed by atoms with E-state index in [1.807, 2.05) is 6.92 Å². The van der Waals surface area contributed by atoms with Crippen LogP contribution < -0.4 is 16.0 Å². The minimum Gasteiger partial charge on any atom is -0.381 e. The third-order valence-electron chi connectivity index (χ3n) is 6.69. The van der Waals surface area contributed by atoms with Crippen molar-refractivity contribution in [3.05, 3.63) is 64.8 Å². The van der Waals surface area contributed by atoms with Crippen molar-refractivity contribution in [2.45, 2.75) is 44.4 Å². The van der Waals surface area contributed by atoms with Crippen molar-refractivity contribution in [3.63, 3.8) is 0 Å². The number of amides is 1. The second-order valence-corrected chi connectivity index (χ2v) is 10.2. The molecule has 5 rings (SSSR count). The van der Waals surface area contributed by atoms with Crippen LogP contribution in [0.5, 0.6) is 0 Å². The molecule has 1 saturated carbocycles. The van der Waals surface area contributed by atoms with E-state index in [1.165, 1.54) is 19.2 Å². The van der Waals surface area contributed by atoms with E-state index in [0.29, 0.717) is 41.5 Å². The molecular weight excluding hydrogens is 494 g/mol. The molecule has 1 atom stereocenters. The van der Waals surface area contributed by atoms with Gasteiger partial charge >= 0.3 is 0 Å². The highest BCUT2D eigenvalue weighted by Crippen LogP contribution is 2.28. The molecule has 10 nitrogen and oxygen atoms in total. The van der Waals surface area contributed by atoms with Crippen molar-refractivity contribution in [2.75, 3.05) is 31.6 Å². The molecule has 2 fully saturated rings. The number of aryl methyl sites for hydroxylation is 1. The number of benzene rings is 1. The van der Waals surface area contributed by atoms with Crippen molar-refractivity contribution in [2.24, 2.45) is 5.92 Å². The van der Waals surface area contributed by atoms with E-state index in [-0.39, 0.29) is 18.3 Å². The summed E-state index contributed by atoms with van der Waals surface area (Å²) in [4.78, 5) is 26.6. The summed E-state index contributed by atoms with van der Waals surface area (Å²) in [5.41, 5.74) is -0.181. The molecule has 0 bridgehead atoms. The molecule has 1 aliphatic heterocycles. The van der Waals surface area contributed by atoms with Crippen LogP contribution >= 0.6 is 11.6 Å². The predicted molar refractivity (Wildman–Crippen MR) is 140 cm³/mol. The smallest absolute Gasteiger partial charge is 0.273 e. The van der Waals surface area contributed by atoms with Crippen molar-refractivity contribution in [1.82, 2.24) is 30.2 Å². The molecule has 1 aromatic carbocycles. The molecule has 1 aliphatic carbocycles. The van der Waals surface area contributed by atoms with Crippen LogP contribution in [0.15, 0.2) is 43.0 Å². The first kappa shape index (κ1) is 25.6. The maximum absolute atomic E-state index is 13.2. The average Bonchev–Trinajstić information content (AvgIpc) is 3.58. The van der Waals surface area contributed by atoms with Gasteiger partial charge in [-0.05, 0) is 57.2 Å². The van der Waals surface area contributed by atoms with E-state index in [1.54, 1.807) is 41.2 Å². The van der Waals surface area contributed by atoms with Gasteiger partial charge in [0.25, 0.3) is 5.91 Å². The fraction of sp³-hybridized carbons (Fsp3) is 0.462. The van der Waals surface area contributed by atoms with Crippen LogP contribution in [0.2, 0.25) is 5.02 Å². The van der Waals surface area contributed by atoms with Gasteiger partial charge in [-0.25, -0.2) is 9.97 Å². The van der Waals surface area contributed by atoms with Crippen LogP contribution in [0.25, 0.3) is 5.82 Å². The molecule has 37 heavy (non-hydrogen) atoms. The standard InChI is InChI=1S/C26H32ClN7O3/c1-17-12-29-25(31-21-7-9-37-10-8-21)32-23(17)34-14-22(30-16-34)24(35)33-26(36,15-28-13-18-5-6-18)19-3-2-4-20(27)11-19/h2-4,11-12,14,16,18,21,28,36H,5-10,13,15H2,1H3,(H,33,35)(H,29,31,32). The Morgan fingerprint density at radius 2 is 2.05 bits per heavy atom. The summed E-state index contributed by atoms with van der Waals surface area (Å²) >= 11 is 6.18. The number of nitrogens with zero attached hydrogens (tertiary/aromatic N) is 4. The van der Waals surface area contributed by atoms with Crippen molar-refractivity contribution < 1.29 is 14.6 Å². The van der Waals surface area contributed by atoms with E-state index in [0.717, 1.165) is 24.9 Å². The molecule has 0 radical (unpaired) electrons. The van der Waals surface area contributed by atoms with Gasteiger partial charge in [-0.3, -0.25) is 9.36 Å². The van der Waals surface area contributed by atoms with Crippen molar-refractivity contribution in [3.8, 4) is 5.82 Å². The van der Waals surface area contributed by atoms with Gasteiger partial charge in [0.1, 0.15) is 17.8 Å². The van der Waals surface area contributed by atoms with Gasteiger partial charge in [-0.1, -0.05) is 23.7 Å². The predicted octanol–water partition coefficient (Wildman–Crippen LogP) is 2.79. The Balaban J connectivity index is 1.32. The Labute approximate surface area is 220 Å². The van der Waals surface area contributed by atoms with E-state index >= 15 is 0 Å². The maximum atomic E-state index is 13.2. The van der Waals surface area contributed by atoms with E-state index in [4.69, 9.17) is 16.3 Å². The molecule has 3 heterocycles. The molecule has 2 aromatic heterocycles. The summed E-state index contributed by atoms with van der Waals surface area (Å²) in [6.07, 6.45) is 9.03. The SMILES string of the molecule is Cc1cnc(NC2CCOCC2)nc1-n1cnc(C(=O)NC(O)(CNCC2CC2)c2cccc(Cl)c2)c1. The number of halogens is 1. The van der Waals surface area contributed by atoms with Crippen LogP contribution in [0.1, 0.15) is 47.3 Å². The number of carbonyl (C=O) groups is 1. The van der Waals surface area contributed by atoms with E-state index in [9.17, 15) is 9.90 Å². The van der Waals surface area contributed by atoms with Gasteiger partial charge in [0, 0.05) is 54.3 Å². The summed E-state index contributed by atoms with van der Waals surface area (Å²) in [5.74, 6) is 1.25. The molecule has 1 amide bonds. The first-order valence-electron chi connectivity index (χ1n) is 12.6. The number of aromatic nitrogens is 4. The highest BCUT2D eigenvalue weighted by atomic mass is 35.5. The topological polar surface area (TPSA) is 126 Å². The number of nitrogens with one attached hydrogen (secondary N) is 3. The first-order chi connectivity index (χ1) is 17.9. The molecule has 1 saturated heterocycles. The Morgan fingerprint density at radius 3 is 2.81 bits per heavy atom. The molecule has 2 aliphatic rings. The summed E-state index contributed by atoms with van der Waals surface area (Å²) in [5, 5.41) is 21.4. The number of aliphatic hydroxyl groups is 1. The molecule has 0 spiro atoms. The molecule has 1 unspecified atom stereocenters. The second kappa shape index (κ2) is 11.1. The minimum atomic E-state index is -1.66. The third-order valence-corrected chi connectivity index (χ3v) is 6.93. The summed E-state index contributed by atoms with van der Waals surface area (Å²) in [6.45, 7) is 4.26. The lowest BCUT2D eigenvalue weighted by Crippen LogP contribution is -2.52. The summed E-state index contributed by atoms with van der Waals surface area (Å²) < 4.78 is 7.10. The van der Waals surface area contributed by atoms with Gasteiger partial charge in [0.15, 0.2) is 5.72 Å². The number of rotatable bonds is 10. The van der Waals surface area contributed by atoms with E-state index < -0.39 is 11.6 Å². The van der Waals surface area contributed by atoms with Crippen molar-refractivity contribution in [1.29, 1.82) is 0 Å². The number of hydrogen-bond acceptors (Lipinski definition) is 8. The minimum absolute atomic E-state index is 0.141. The second-order valence-electron chi connectivity index (χ2n) is 9.80. The highest BCUT2D eigenvalue weighted by molar-refractivity contribution is 6.30. The van der Waals surface area contributed by atoms with E-state index in [2.05, 4.69) is 30.9 Å². The Kier molecular flexibility index (Phi) is 7.71. The Bertz CT molecular complexity index is 1240. The third kappa shape index (κ3) is 6.45. The normalized spacial score (nSPS) is 17.8. The highest BCUT2D eigenvalue weighted by Gasteiger charge is 2.33. The lowest BCUT2D eigenvalue weighted by Gasteiger charge is -2.30. The number of imidazole rings is 1. The molecule has 196 valence electrons. The number of ether oxygens (including phenoxy) is 1. The fourth-order valence-corrected chi connectivity index (χ4v) is 4.53. The van der Waals surface area contributed by atoms with Gasteiger partial charge in [-0.15, -0.1) is 0 Å². The van der Waals surface area contributed by atoms with Crippen LogP contribution in [-0.4, -0.2) is 62.9 Å². The van der Waals surface area contributed by atoms with Crippen LogP contribution in [0, 0.1) is 12.8 Å². The zero-order valence-electron chi connectivity index (χ0n) is 20.8. The van der Waals surface area contributed by atoms with Crippen LogP contribution in [0.3, 0.4) is 0 Å². The summed E-state index contributed by atoms with van der Waals surface area (Å²) in [7, 11) is 0. The zero-order valence-corrected chi connectivity index (χ0v) is 21.5. The lowest BCUT2D eigenvalue weighted by atomic mass is 10.0. The first-order valence-corrected chi connectivity index (χ1v) is 13.0. The number of carbonyl (C=O) groups excluding carboxylic acids is 1. The average molecular weight is 526 g/mol. The number of hydrogen-bond donors (Lipinski definition) is 4. The van der Waals surface area contributed by atoms with Crippen LogP contribution in [-0.2, 0) is 10.5 Å². The van der Waals surface area contributed by atoms with Gasteiger partial charge in [0.2, 0.25) is 5.95 Å². The Morgan fingerprint density at radius 1 is 1.24 bits per heavy atom.